The van der Waals surface area contributed by atoms with Crippen LogP contribution in [0.2, 0.25) is 0 Å². The summed E-state index contributed by atoms with van der Waals surface area (Å²) in [4.78, 5) is 88.6. The number of fused-ring (bicyclic) bond motifs is 1. The van der Waals surface area contributed by atoms with Crippen LogP contribution in [0.3, 0.4) is 0 Å². The Morgan fingerprint density at radius 2 is 1.42 bits per heavy atom. The molecule has 414 valence electrons. The molecule has 24 nitrogen and oxygen atoms in total. The zero-order valence-electron chi connectivity index (χ0n) is 42.1. The molecule has 0 saturated carbocycles. The molecule has 1 aliphatic heterocycles. The second-order valence-corrected chi connectivity index (χ2v) is 24.4. The molecule has 1 fully saturated rings. The van der Waals surface area contributed by atoms with Gasteiger partial charge in [-0.25, -0.2) is 28.6 Å². The lowest BCUT2D eigenvalue weighted by molar-refractivity contribution is -0.137. The number of hydrogen-bond donors (Lipinski definition) is 9. The Labute approximate surface area is 426 Å². The van der Waals surface area contributed by atoms with E-state index in [2.05, 4.69) is 48.3 Å². The van der Waals surface area contributed by atoms with Crippen molar-refractivity contribution in [2.75, 3.05) is 37.8 Å². The molecule has 0 spiro atoms. The van der Waals surface area contributed by atoms with Crippen LogP contribution in [0.25, 0.3) is 11.2 Å². The van der Waals surface area contributed by atoms with Crippen LogP contribution >= 0.6 is 35.2 Å². The van der Waals surface area contributed by atoms with Crippen molar-refractivity contribution in [2.24, 2.45) is 11.3 Å². The number of nitrogens with one attached hydrogen (secondary N) is 2. The molecule has 3 rings (SSSR count). The summed E-state index contributed by atoms with van der Waals surface area (Å²) in [5.41, 5.74) is 4.30. The molecule has 0 aliphatic carbocycles. The lowest BCUT2D eigenvalue weighted by atomic mass is 9.87. The van der Waals surface area contributed by atoms with Gasteiger partial charge < -0.3 is 50.9 Å². The summed E-state index contributed by atoms with van der Waals surface area (Å²) in [6, 6.07) is 0. The molecular formula is C44H80N7O17P3S. The molecule has 1 saturated heterocycles. The monoisotopic (exact) mass is 1100 g/mol. The van der Waals surface area contributed by atoms with Crippen LogP contribution in [-0.2, 0) is 50.7 Å². The van der Waals surface area contributed by atoms with Crippen molar-refractivity contribution in [2.45, 2.75) is 187 Å². The Morgan fingerprint density at radius 1 is 0.833 bits per heavy atom. The number of ether oxygens (including phenoxy) is 1. The van der Waals surface area contributed by atoms with Crippen molar-refractivity contribution in [3.63, 3.8) is 0 Å². The molecule has 2 aromatic heterocycles. The predicted molar refractivity (Wildman–Crippen MR) is 270 cm³/mol. The van der Waals surface area contributed by atoms with Gasteiger partial charge in [-0.2, -0.15) is 4.31 Å². The summed E-state index contributed by atoms with van der Waals surface area (Å²) in [7, 11) is -16.4. The highest BCUT2D eigenvalue weighted by Crippen LogP contribution is 2.61. The maximum Gasteiger partial charge on any atom is 0.481 e. The number of carbonyl (C=O) groups is 3. The summed E-state index contributed by atoms with van der Waals surface area (Å²) >= 11 is 1.16. The second-order valence-electron chi connectivity index (χ2n) is 19.0. The third kappa shape index (κ3) is 24.5. The van der Waals surface area contributed by atoms with Gasteiger partial charge in [-0.3, -0.25) is 32.5 Å². The van der Waals surface area contributed by atoms with E-state index in [1.807, 2.05) is 0 Å². The first-order valence-corrected chi connectivity index (χ1v) is 30.5. The fraction of sp³-hybridized carbons (Fsp3) is 0.818. The van der Waals surface area contributed by atoms with E-state index in [4.69, 9.17) is 19.5 Å². The number of thioether (sulfide) groups is 1. The number of amides is 2. The Kier molecular flexibility index (Phi) is 28.6. The third-order valence-electron chi connectivity index (χ3n) is 12.1. The molecule has 3 heterocycles. The molecule has 0 bridgehead atoms. The lowest BCUT2D eigenvalue weighted by Crippen LogP contribution is -2.46. The maximum atomic E-state index is 12.8. The van der Waals surface area contributed by atoms with Crippen molar-refractivity contribution >= 4 is 69.1 Å². The lowest BCUT2D eigenvalue weighted by Gasteiger charge is -2.30. The zero-order valence-corrected chi connectivity index (χ0v) is 45.6. The van der Waals surface area contributed by atoms with E-state index >= 15 is 0 Å². The third-order valence-corrected chi connectivity index (χ3v) is 16.2. The summed E-state index contributed by atoms with van der Waals surface area (Å²) < 4.78 is 62.5. The van der Waals surface area contributed by atoms with Crippen LogP contribution in [0.1, 0.15) is 162 Å². The van der Waals surface area contributed by atoms with Gasteiger partial charge in [-0.15, -0.1) is 0 Å². The number of rotatable bonds is 39. The Balaban J connectivity index is 1.25. The second kappa shape index (κ2) is 32.2. The number of phosphoric ester groups is 3. The normalized spacial score (nSPS) is 20.0. The summed E-state index contributed by atoms with van der Waals surface area (Å²) in [6.07, 6.45) is 16.6. The fourth-order valence-corrected chi connectivity index (χ4v) is 11.5. The number of hydrogen-bond acceptors (Lipinski definition) is 18. The van der Waals surface area contributed by atoms with Gasteiger partial charge >= 0.3 is 23.5 Å². The van der Waals surface area contributed by atoms with E-state index < -0.39 is 84.6 Å². The quantitative estimate of drug-likeness (QED) is 0.0247. The minimum Gasteiger partial charge on any atom is -0.386 e. The molecule has 8 unspecified atom stereocenters. The van der Waals surface area contributed by atoms with E-state index in [-0.39, 0.29) is 41.6 Å². The number of unbranched alkanes of at least 4 members (excludes halogenated alkanes) is 14. The molecule has 8 atom stereocenters. The number of nitrogen functional groups attached to an aromatic ring is 1. The molecule has 72 heavy (non-hydrogen) atoms. The molecule has 10 N–H and O–H groups in total. The van der Waals surface area contributed by atoms with E-state index in [1.165, 1.54) is 110 Å². The molecule has 2 aromatic rings. The molecular weight excluding hydrogens is 1020 g/mol. The summed E-state index contributed by atoms with van der Waals surface area (Å²) in [5.74, 6) is -0.252. The van der Waals surface area contributed by atoms with Crippen molar-refractivity contribution in [3.05, 3.63) is 12.7 Å². The molecule has 28 heteroatoms. The molecule has 1 aliphatic rings. The van der Waals surface area contributed by atoms with Crippen molar-refractivity contribution < 1.29 is 80.5 Å². The number of anilines is 1. The first-order valence-electron chi connectivity index (χ1n) is 25.0. The standard InChI is InChI=1S/C44H80N7O17P3S/c1-5-6-7-8-9-10-11-12-13-15-18-21-32(2)22-19-16-14-17-20-23-35(53)72-27-26-46-34(52)24-25-47-42(56)39(55)44(3,4)29-65-71(62,63)68-70(60,61)64-28-33-38(67-69(57,58)59)37(54)43(66-33)51-31-50-36-40(45)48-30-49-41(36)51/h30-33,37-39,43,54-55H,5-29H2,1-4H3,(H,46,52)(H,47,56)(H,60,61)(H,62,63)(H2,45,48,49)(H2,57,58,59). The van der Waals surface area contributed by atoms with Gasteiger partial charge in [-0.1, -0.05) is 149 Å². The highest BCUT2D eigenvalue weighted by atomic mass is 32.2. The highest BCUT2D eigenvalue weighted by Gasteiger charge is 2.50. The average molecular weight is 1100 g/mol. The average Bonchev–Trinajstić information content (AvgIpc) is 3.87. The van der Waals surface area contributed by atoms with Crippen molar-refractivity contribution in [3.8, 4) is 0 Å². The molecule has 2 amide bonds. The molecule has 0 aromatic carbocycles. The van der Waals surface area contributed by atoms with Crippen LogP contribution < -0.4 is 16.4 Å². The number of aliphatic hydroxyl groups excluding tert-OH is 2. The Bertz CT molecular complexity index is 2100. The number of nitrogens with two attached hydrogens (primary N) is 1. The van der Waals surface area contributed by atoms with Crippen LogP contribution in [-0.4, -0.2) is 123 Å². The Morgan fingerprint density at radius 3 is 2.03 bits per heavy atom. The number of aromatic nitrogens is 4. The minimum atomic E-state index is -5.58. The predicted octanol–water partition coefficient (Wildman–Crippen LogP) is 6.73. The van der Waals surface area contributed by atoms with E-state index in [1.54, 1.807) is 0 Å². The number of carbonyl (C=O) groups excluding carboxylic acids is 3. The van der Waals surface area contributed by atoms with Gasteiger partial charge in [0.1, 0.15) is 36.3 Å². The maximum absolute atomic E-state index is 12.8. The number of imidazole rings is 1. The van der Waals surface area contributed by atoms with Gasteiger partial charge in [0.15, 0.2) is 22.8 Å². The van der Waals surface area contributed by atoms with Crippen molar-refractivity contribution in [1.82, 2.24) is 30.2 Å². The first-order chi connectivity index (χ1) is 33.9. The minimum absolute atomic E-state index is 0.0343. The molecule has 0 radical (unpaired) electrons. The number of nitrogens with zero attached hydrogens (tertiary/aromatic N) is 4. The Hall–Kier alpha value is -2.44. The largest absolute Gasteiger partial charge is 0.481 e. The van der Waals surface area contributed by atoms with Crippen LogP contribution in [0.15, 0.2) is 12.7 Å². The first kappa shape index (κ1) is 63.8. The van der Waals surface area contributed by atoms with Gasteiger partial charge in [0, 0.05) is 37.1 Å². The number of aliphatic hydroxyl groups is 2. The topological polar surface area (TPSA) is 364 Å². The van der Waals surface area contributed by atoms with E-state index in [9.17, 15) is 57.9 Å². The van der Waals surface area contributed by atoms with Crippen LogP contribution in [0, 0.1) is 11.3 Å². The summed E-state index contributed by atoms with van der Waals surface area (Å²) in [6.45, 7) is 5.21. The zero-order chi connectivity index (χ0) is 53.4. The van der Waals surface area contributed by atoms with Crippen molar-refractivity contribution in [1.29, 1.82) is 0 Å². The highest BCUT2D eigenvalue weighted by molar-refractivity contribution is 8.13. The smallest absolute Gasteiger partial charge is 0.386 e. The van der Waals surface area contributed by atoms with Crippen LogP contribution in [0.4, 0.5) is 5.82 Å². The van der Waals surface area contributed by atoms with Gasteiger partial charge in [0.2, 0.25) is 11.8 Å². The van der Waals surface area contributed by atoms with Crippen LogP contribution in [0.5, 0.6) is 0 Å². The fourth-order valence-electron chi connectivity index (χ4n) is 7.96. The van der Waals surface area contributed by atoms with E-state index in [0.29, 0.717) is 12.2 Å². The summed E-state index contributed by atoms with van der Waals surface area (Å²) in [5, 5.41) is 26.7. The van der Waals surface area contributed by atoms with Gasteiger partial charge in [0.05, 0.1) is 19.5 Å². The SMILES string of the molecule is CCCCCCCCCCCCCC(C)CCCCCCCC(=O)SCCNC(=O)CCNC(=O)C(O)C(C)(C)COP(=O)(O)OP(=O)(O)OCC1OC(n2cnc3c(N)ncnc32)C(O)C1OP(=O)(O)O. The number of phosphoric acid groups is 3. The van der Waals surface area contributed by atoms with E-state index in [0.717, 1.165) is 54.2 Å². The van der Waals surface area contributed by atoms with Gasteiger partial charge in [-0.05, 0) is 12.3 Å². The van der Waals surface area contributed by atoms with Gasteiger partial charge in [0.25, 0.3) is 0 Å².